The lowest BCUT2D eigenvalue weighted by Gasteiger charge is -2.34. The molecule has 0 radical (unpaired) electrons. The predicted molar refractivity (Wildman–Crippen MR) is 150 cm³/mol. The number of hydrogen-bond acceptors (Lipinski definition) is 5. The van der Waals surface area contributed by atoms with Gasteiger partial charge in [-0.1, -0.05) is 72.8 Å². The van der Waals surface area contributed by atoms with Crippen molar-refractivity contribution >= 4 is 16.9 Å². The summed E-state index contributed by atoms with van der Waals surface area (Å²) >= 11 is 0. The molecule has 0 saturated heterocycles. The largest absolute Gasteiger partial charge is 0.372 e. The number of nitrogens with two attached hydrogens (primary N) is 1. The van der Waals surface area contributed by atoms with E-state index < -0.39 is 11.5 Å². The molecule has 7 heteroatoms. The second kappa shape index (κ2) is 10.4. The summed E-state index contributed by atoms with van der Waals surface area (Å²) in [6, 6.07) is 28.7. The number of carbonyl (C=O) groups is 1. The Morgan fingerprint density at radius 2 is 1.69 bits per heavy atom. The smallest absolute Gasteiger partial charge is 0.258 e. The molecule has 4 N–H and O–H groups in total. The first-order chi connectivity index (χ1) is 19.0. The van der Waals surface area contributed by atoms with Crippen molar-refractivity contribution in [1.29, 1.82) is 0 Å². The van der Waals surface area contributed by atoms with Crippen LogP contribution in [0, 0.1) is 0 Å². The summed E-state index contributed by atoms with van der Waals surface area (Å²) in [5, 5.41) is 11.4. The number of carbonyl (C=O) groups excluding carboxylic acids is 1. The summed E-state index contributed by atoms with van der Waals surface area (Å²) in [6.07, 6.45) is 5.02. The molecule has 39 heavy (non-hydrogen) atoms. The van der Waals surface area contributed by atoms with E-state index >= 15 is 0 Å². The van der Waals surface area contributed by atoms with Gasteiger partial charge in [-0.25, -0.2) is 4.98 Å². The van der Waals surface area contributed by atoms with Gasteiger partial charge in [0.1, 0.15) is 5.82 Å². The Hall–Kier alpha value is -4.33. The zero-order valence-corrected chi connectivity index (χ0v) is 21.6. The van der Waals surface area contributed by atoms with Gasteiger partial charge in [-0.2, -0.15) is 0 Å². The Labute approximate surface area is 227 Å². The molecule has 1 aliphatic carbocycles. The molecule has 6 rings (SSSR count). The summed E-state index contributed by atoms with van der Waals surface area (Å²) in [5.41, 5.74) is 10.1. The molecular weight excluding hydrogens is 486 g/mol. The number of aromatic amines is 1. The van der Waals surface area contributed by atoms with Gasteiger partial charge in [0.05, 0.1) is 29.3 Å². The van der Waals surface area contributed by atoms with Gasteiger partial charge in [-0.15, -0.1) is 0 Å². The number of H-pyrrole nitrogens is 1. The van der Waals surface area contributed by atoms with Gasteiger partial charge >= 0.3 is 0 Å². The van der Waals surface area contributed by atoms with E-state index in [1.165, 1.54) is 5.56 Å². The van der Waals surface area contributed by atoms with Crippen LogP contribution in [0.3, 0.4) is 0 Å². The van der Waals surface area contributed by atoms with Crippen molar-refractivity contribution in [3.63, 3.8) is 0 Å². The van der Waals surface area contributed by atoms with Crippen LogP contribution in [-0.4, -0.2) is 30.9 Å². The van der Waals surface area contributed by atoms with Gasteiger partial charge in [0.25, 0.3) is 5.91 Å². The highest BCUT2D eigenvalue weighted by atomic mass is 16.3. The van der Waals surface area contributed by atoms with Gasteiger partial charge in [0.2, 0.25) is 0 Å². The Morgan fingerprint density at radius 1 is 0.949 bits per heavy atom. The molecule has 3 aromatic carbocycles. The quantitative estimate of drug-likeness (QED) is 0.275. The number of imidazole rings is 1. The number of amides is 1. The third kappa shape index (κ3) is 4.82. The van der Waals surface area contributed by atoms with E-state index in [-0.39, 0.29) is 6.04 Å². The van der Waals surface area contributed by atoms with Gasteiger partial charge < -0.3 is 15.8 Å². The molecule has 2 aromatic heterocycles. The minimum atomic E-state index is -1.90. The molecule has 5 aromatic rings. The molecule has 0 saturated carbocycles. The standard InChI is InChI=1S/C32H31N5O2/c33-31(38)32(39,24-10-2-1-3-11-24)25-17-15-22(16-18-25)20-37(21-29-35-26-12-4-5-13-27(26)36-29)28-14-6-8-23-9-7-19-34-30(23)28/h1-5,7,9-13,15-19,28,39H,6,8,14,20-21H2,(H2,33,38)(H,35,36). The number of benzene rings is 3. The van der Waals surface area contributed by atoms with E-state index in [9.17, 15) is 9.90 Å². The molecule has 2 unspecified atom stereocenters. The summed E-state index contributed by atoms with van der Waals surface area (Å²) in [7, 11) is 0. The third-order valence-electron chi connectivity index (χ3n) is 7.70. The van der Waals surface area contributed by atoms with E-state index in [0.717, 1.165) is 47.4 Å². The fourth-order valence-electron chi connectivity index (χ4n) is 5.71. The maximum absolute atomic E-state index is 12.4. The zero-order chi connectivity index (χ0) is 26.8. The van der Waals surface area contributed by atoms with Crippen LogP contribution in [0.5, 0.6) is 0 Å². The lowest BCUT2D eigenvalue weighted by molar-refractivity contribution is -0.133. The van der Waals surface area contributed by atoms with Crippen molar-refractivity contribution in [3.8, 4) is 0 Å². The van der Waals surface area contributed by atoms with E-state index in [0.29, 0.717) is 24.2 Å². The number of fused-ring (bicyclic) bond motifs is 2. The van der Waals surface area contributed by atoms with E-state index in [1.807, 2.05) is 54.7 Å². The van der Waals surface area contributed by atoms with E-state index in [4.69, 9.17) is 15.7 Å². The van der Waals surface area contributed by atoms with Gasteiger partial charge in [0.15, 0.2) is 5.60 Å². The zero-order valence-electron chi connectivity index (χ0n) is 21.6. The first-order valence-electron chi connectivity index (χ1n) is 13.3. The van der Waals surface area contributed by atoms with Crippen LogP contribution in [0.4, 0.5) is 0 Å². The van der Waals surface area contributed by atoms with Crippen LogP contribution < -0.4 is 5.73 Å². The van der Waals surface area contributed by atoms with Gasteiger partial charge in [0, 0.05) is 12.7 Å². The lowest BCUT2D eigenvalue weighted by atomic mass is 9.85. The van der Waals surface area contributed by atoms with Crippen LogP contribution in [-0.2, 0) is 29.9 Å². The molecule has 0 spiro atoms. The summed E-state index contributed by atoms with van der Waals surface area (Å²) < 4.78 is 0. The maximum atomic E-state index is 12.4. The van der Waals surface area contributed by atoms with Crippen molar-refractivity contribution in [1.82, 2.24) is 19.9 Å². The number of primary amides is 1. The fraction of sp³-hybridized carbons (Fsp3) is 0.219. The molecular formula is C32H31N5O2. The minimum Gasteiger partial charge on any atom is -0.372 e. The highest BCUT2D eigenvalue weighted by Crippen LogP contribution is 2.35. The highest BCUT2D eigenvalue weighted by Gasteiger charge is 2.38. The molecule has 0 fully saturated rings. The number of hydrogen-bond donors (Lipinski definition) is 3. The van der Waals surface area contributed by atoms with E-state index in [2.05, 4.69) is 16.0 Å². The minimum absolute atomic E-state index is 0.148. The van der Waals surface area contributed by atoms with Crippen LogP contribution in [0.25, 0.3) is 11.0 Å². The Morgan fingerprint density at radius 3 is 2.46 bits per heavy atom. The van der Waals surface area contributed by atoms with Crippen LogP contribution in [0.1, 0.15) is 52.7 Å². The average molecular weight is 518 g/mol. The fourth-order valence-corrected chi connectivity index (χ4v) is 5.71. The van der Waals surface area contributed by atoms with Gasteiger partial charge in [-0.3, -0.25) is 14.7 Å². The first-order valence-corrected chi connectivity index (χ1v) is 13.3. The lowest BCUT2D eigenvalue weighted by Crippen LogP contribution is -2.42. The van der Waals surface area contributed by atoms with Gasteiger partial charge in [-0.05, 0) is 59.7 Å². The molecule has 2 atom stereocenters. The summed E-state index contributed by atoms with van der Waals surface area (Å²) in [6.45, 7) is 1.28. The Balaban J connectivity index is 1.32. The average Bonchev–Trinajstić information content (AvgIpc) is 3.39. The molecule has 0 aliphatic heterocycles. The molecule has 7 nitrogen and oxygen atoms in total. The molecule has 1 amide bonds. The van der Waals surface area contributed by atoms with Crippen LogP contribution in [0.15, 0.2) is 97.2 Å². The first kappa shape index (κ1) is 25.0. The maximum Gasteiger partial charge on any atom is 0.258 e. The number of rotatable bonds is 8. The van der Waals surface area contributed by atoms with Crippen molar-refractivity contribution in [3.05, 3.63) is 131 Å². The van der Waals surface area contributed by atoms with Crippen molar-refractivity contribution < 1.29 is 9.90 Å². The number of nitrogens with zero attached hydrogens (tertiary/aromatic N) is 3. The number of pyridine rings is 1. The van der Waals surface area contributed by atoms with Crippen LogP contribution in [0.2, 0.25) is 0 Å². The molecule has 0 bridgehead atoms. The monoisotopic (exact) mass is 517 g/mol. The molecule has 1 aliphatic rings. The van der Waals surface area contributed by atoms with Crippen molar-refractivity contribution in [2.45, 2.75) is 44.0 Å². The highest BCUT2D eigenvalue weighted by molar-refractivity contribution is 5.88. The second-order valence-electron chi connectivity index (χ2n) is 10.2. The third-order valence-corrected chi connectivity index (χ3v) is 7.70. The summed E-state index contributed by atoms with van der Waals surface area (Å²) in [4.78, 5) is 28.0. The number of para-hydroxylation sites is 2. The van der Waals surface area contributed by atoms with Crippen molar-refractivity contribution in [2.75, 3.05) is 0 Å². The van der Waals surface area contributed by atoms with E-state index in [1.54, 1.807) is 36.4 Å². The number of aliphatic hydroxyl groups is 1. The molecule has 196 valence electrons. The van der Waals surface area contributed by atoms with Crippen LogP contribution >= 0.6 is 0 Å². The SMILES string of the molecule is NC(=O)C(O)(c1ccccc1)c1ccc(CN(Cc2nc3ccccc3[nH]2)C2CCCc3cccnc32)cc1. The van der Waals surface area contributed by atoms with Crippen molar-refractivity contribution in [2.24, 2.45) is 5.73 Å². The number of aryl methyl sites for hydroxylation is 1. The topological polar surface area (TPSA) is 108 Å². The number of aromatic nitrogens is 3. The predicted octanol–water partition coefficient (Wildman–Crippen LogP) is 4.76. The Bertz CT molecular complexity index is 1570. The number of nitrogens with one attached hydrogen (secondary N) is 1. The Kier molecular flexibility index (Phi) is 6.69. The molecule has 2 heterocycles. The summed E-state index contributed by atoms with van der Waals surface area (Å²) in [5.74, 6) is 0.0981. The second-order valence-corrected chi connectivity index (χ2v) is 10.2. The normalized spacial score (nSPS) is 16.6.